The molecule has 0 aliphatic heterocycles. The summed E-state index contributed by atoms with van der Waals surface area (Å²) >= 11 is 0. The molecule has 0 fully saturated rings. The number of aromatic nitrogens is 1. The summed E-state index contributed by atoms with van der Waals surface area (Å²) in [6.07, 6.45) is 1.94. The van der Waals surface area contributed by atoms with Gasteiger partial charge in [0.2, 0.25) is 0 Å². The second-order valence-electron chi connectivity index (χ2n) is 4.48. The van der Waals surface area contributed by atoms with Gasteiger partial charge in [0.15, 0.2) is 0 Å². The highest BCUT2D eigenvalue weighted by Crippen LogP contribution is 2.15. The normalized spacial score (nSPS) is 11.8. The number of amides is 1. The maximum atomic E-state index is 11.7. The van der Waals surface area contributed by atoms with E-state index in [1.165, 1.54) is 11.1 Å². The SMILES string of the molecule is CCC(C(=O)O)N(C)c1ccc(C(=O)N(C)C)cn1. The lowest BCUT2D eigenvalue weighted by molar-refractivity contribution is -0.138. The number of pyridine rings is 1. The molecular weight excluding hydrogens is 246 g/mol. The molecule has 0 spiro atoms. The van der Waals surface area contributed by atoms with E-state index in [9.17, 15) is 9.59 Å². The highest BCUT2D eigenvalue weighted by atomic mass is 16.4. The molecule has 6 heteroatoms. The number of carbonyl (C=O) groups is 2. The largest absolute Gasteiger partial charge is 0.480 e. The lowest BCUT2D eigenvalue weighted by atomic mass is 10.2. The molecule has 1 unspecified atom stereocenters. The Morgan fingerprint density at radius 3 is 2.32 bits per heavy atom. The van der Waals surface area contributed by atoms with Gasteiger partial charge in [-0.05, 0) is 18.6 Å². The first kappa shape index (κ1) is 14.9. The van der Waals surface area contributed by atoms with E-state index in [0.717, 1.165) is 0 Å². The zero-order valence-electron chi connectivity index (χ0n) is 11.6. The van der Waals surface area contributed by atoms with Crippen LogP contribution in [0.15, 0.2) is 18.3 Å². The fourth-order valence-electron chi connectivity index (χ4n) is 1.75. The Bertz CT molecular complexity index is 457. The Kier molecular flexibility index (Phi) is 4.86. The second kappa shape index (κ2) is 6.17. The van der Waals surface area contributed by atoms with Crippen LogP contribution in [0.2, 0.25) is 0 Å². The molecule has 0 saturated heterocycles. The third-order valence-corrected chi connectivity index (χ3v) is 2.90. The Morgan fingerprint density at radius 2 is 1.95 bits per heavy atom. The van der Waals surface area contributed by atoms with Crippen LogP contribution in [0.5, 0.6) is 0 Å². The first-order valence-corrected chi connectivity index (χ1v) is 6.01. The molecule has 0 aliphatic carbocycles. The van der Waals surface area contributed by atoms with E-state index < -0.39 is 12.0 Å². The summed E-state index contributed by atoms with van der Waals surface area (Å²) in [6.45, 7) is 1.80. The van der Waals surface area contributed by atoms with E-state index in [0.29, 0.717) is 17.8 Å². The van der Waals surface area contributed by atoms with Gasteiger partial charge in [0.25, 0.3) is 5.91 Å². The van der Waals surface area contributed by atoms with Crippen molar-refractivity contribution >= 4 is 17.7 Å². The number of hydrogen-bond donors (Lipinski definition) is 1. The van der Waals surface area contributed by atoms with Gasteiger partial charge in [-0.3, -0.25) is 4.79 Å². The molecule has 1 N–H and O–H groups in total. The number of anilines is 1. The molecular formula is C13H19N3O3. The van der Waals surface area contributed by atoms with Crippen molar-refractivity contribution in [3.05, 3.63) is 23.9 Å². The fourth-order valence-corrected chi connectivity index (χ4v) is 1.75. The zero-order valence-corrected chi connectivity index (χ0v) is 11.6. The van der Waals surface area contributed by atoms with Gasteiger partial charge in [0, 0.05) is 27.3 Å². The maximum absolute atomic E-state index is 11.7. The molecule has 0 aliphatic rings. The molecule has 19 heavy (non-hydrogen) atoms. The lowest BCUT2D eigenvalue weighted by Crippen LogP contribution is -2.38. The molecule has 0 aromatic carbocycles. The van der Waals surface area contributed by atoms with E-state index >= 15 is 0 Å². The molecule has 104 valence electrons. The Labute approximate surface area is 112 Å². The molecule has 1 atom stereocenters. The predicted molar refractivity (Wildman–Crippen MR) is 72.4 cm³/mol. The number of rotatable bonds is 5. The monoisotopic (exact) mass is 265 g/mol. The minimum atomic E-state index is -0.889. The van der Waals surface area contributed by atoms with E-state index in [2.05, 4.69) is 4.98 Å². The number of carboxylic acid groups (broad SMARTS) is 1. The topological polar surface area (TPSA) is 73.7 Å². The van der Waals surface area contributed by atoms with Gasteiger partial charge in [-0.1, -0.05) is 6.92 Å². The Balaban J connectivity index is 2.92. The van der Waals surface area contributed by atoms with Crippen LogP contribution >= 0.6 is 0 Å². The van der Waals surface area contributed by atoms with Crippen LogP contribution in [0.4, 0.5) is 5.82 Å². The fraction of sp³-hybridized carbons (Fsp3) is 0.462. The van der Waals surface area contributed by atoms with Gasteiger partial charge in [-0.25, -0.2) is 9.78 Å². The average molecular weight is 265 g/mol. The standard InChI is InChI=1S/C13H19N3O3/c1-5-10(13(18)19)16(4)11-7-6-9(8-14-11)12(17)15(2)3/h6-8,10H,5H2,1-4H3,(H,18,19). The molecule has 0 saturated carbocycles. The van der Waals surface area contributed by atoms with Crippen LogP contribution in [-0.2, 0) is 4.79 Å². The van der Waals surface area contributed by atoms with Crippen molar-refractivity contribution in [2.75, 3.05) is 26.0 Å². The van der Waals surface area contributed by atoms with Gasteiger partial charge in [-0.15, -0.1) is 0 Å². The van der Waals surface area contributed by atoms with Crippen LogP contribution in [-0.4, -0.2) is 54.1 Å². The molecule has 1 rings (SSSR count). The minimum Gasteiger partial charge on any atom is -0.480 e. The number of likely N-dealkylation sites (N-methyl/N-ethyl adjacent to an activating group) is 1. The van der Waals surface area contributed by atoms with E-state index in [-0.39, 0.29) is 5.91 Å². The summed E-state index contributed by atoms with van der Waals surface area (Å²) in [7, 11) is 5.01. The highest BCUT2D eigenvalue weighted by molar-refractivity contribution is 5.93. The van der Waals surface area contributed by atoms with Crippen LogP contribution in [0, 0.1) is 0 Å². The van der Waals surface area contributed by atoms with Crippen LogP contribution in [0.3, 0.4) is 0 Å². The van der Waals surface area contributed by atoms with E-state index in [1.54, 1.807) is 45.1 Å². The van der Waals surface area contributed by atoms with Gasteiger partial charge in [0.05, 0.1) is 5.56 Å². The van der Waals surface area contributed by atoms with E-state index in [4.69, 9.17) is 5.11 Å². The smallest absolute Gasteiger partial charge is 0.326 e. The molecule has 6 nitrogen and oxygen atoms in total. The zero-order chi connectivity index (χ0) is 14.6. The summed E-state index contributed by atoms with van der Waals surface area (Å²) in [6, 6.07) is 2.68. The van der Waals surface area contributed by atoms with Crippen molar-refractivity contribution in [1.29, 1.82) is 0 Å². The average Bonchev–Trinajstić information content (AvgIpc) is 2.38. The molecule has 0 radical (unpaired) electrons. The first-order chi connectivity index (χ1) is 8.88. The van der Waals surface area contributed by atoms with Crippen molar-refractivity contribution < 1.29 is 14.7 Å². The summed E-state index contributed by atoms with van der Waals surface area (Å²) in [5.41, 5.74) is 0.477. The second-order valence-corrected chi connectivity index (χ2v) is 4.48. The summed E-state index contributed by atoms with van der Waals surface area (Å²) < 4.78 is 0. The summed E-state index contributed by atoms with van der Waals surface area (Å²) in [5, 5.41) is 9.09. The molecule has 1 amide bonds. The molecule has 1 aromatic rings. The minimum absolute atomic E-state index is 0.132. The number of nitrogens with zero attached hydrogens (tertiary/aromatic N) is 3. The van der Waals surface area contributed by atoms with Crippen LogP contribution in [0.25, 0.3) is 0 Å². The molecule has 0 bridgehead atoms. The lowest BCUT2D eigenvalue weighted by Gasteiger charge is -2.24. The van der Waals surface area contributed by atoms with Crippen LogP contribution < -0.4 is 4.90 Å². The van der Waals surface area contributed by atoms with Gasteiger partial charge in [0.1, 0.15) is 11.9 Å². The van der Waals surface area contributed by atoms with Crippen molar-refractivity contribution in [3.63, 3.8) is 0 Å². The van der Waals surface area contributed by atoms with Crippen LogP contribution in [0.1, 0.15) is 23.7 Å². The van der Waals surface area contributed by atoms with E-state index in [1.807, 2.05) is 0 Å². The number of hydrogen-bond acceptors (Lipinski definition) is 4. The Hall–Kier alpha value is -2.11. The van der Waals surface area contributed by atoms with Crippen molar-refractivity contribution in [2.24, 2.45) is 0 Å². The van der Waals surface area contributed by atoms with Gasteiger partial charge >= 0.3 is 5.97 Å². The first-order valence-electron chi connectivity index (χ1n) is 6.01. The Morgan fingerprint density at radius 1 is 1.32 bits per heavy atom. The predicted octanol–water partition coefficient (Wildman–Crippen LogP) is 1.08. The number of carboxylic acids is 1. The van der Waals surface area contributed by atoms with Gasteiger partial charge in [-0.2, -0.15) is 0 Å². The van der Waals surface area contributed by atoms with Crippen molar-refractivity contribution in [3.8, 4) is 0 Å². The summed E-state index contributed by atoms with van der Waals surface area (Å²) in [5.74, 6) is -0.489. The third-order valence-electron chi connectivity index (χ3n) is 2.90. The molecule has 1 heterocycles. The quantitative estimate of drug-likeness (QED) is 0.862. The highest BCUT2D eigenvalue weighted by Gasteiger charge is 2.21. The third kappa shape index (κ3) is 3.43. The maximum Gasteiger partial charge on any atom is 0.326 e. The number of aliphatic carboxylic acids is 1. The van der Waals surface area contributed by atoms with Crippen molar-refractivity contribution in [1.82, 2.24) is 9.88 Å². The van der Waals surface area contributed by atoms with Crippen molar-refractivity contribution in [2.45, 2.75) is 19.4 Å². The van der Waals surface area contributed by atoms with Gasteiger partial charge < -0.3 is 14.9 Å². The molecule has 1 aromatic heterocycles. The summed E-state index contributed by atoms with van der Waals surface area (Å²) in [4.78, 5) is 30.0. The number of carbonyl (C=O) groups excluding carboxylic acids is 1.